The number of hydrogen-bond donors (Lipinski definition) is 0. The zero-order chi connectivity index (χ0) is 66.5. The minimum atomic E-state index is 1.28. The monoisotopic (exact) mass is 1200 g/mol. The maximum absolute atomic E-state index is 2.12. The van der Waals surface area contributed by atoms with Crippen LogP contribution < -0.4 is 0 Å². The van der Waals surface area contributed by atoms with E-state index < -0.39 is 0 Å². The molecular formula is C91H104. The van der Waals surface area contributed by atoms with Gasteiger partial charge in [0.15, 0.2) is 0 Å². The lowest BCUT2D eigenvalue weighted by Gasteiger charge is -1.98. The van der Waals surface area contributed by atoms with Crippen molar-refractivity contribution in [1.82, 2.24) is 0 Å². The molecular weight excluding hydrogens is 1090 g/mol. The first-order valence-corrected chi connectivity index (χ1v) is 32.6. The highest BCUT2D eigenvalue weighted by Gasteiger charge is 1.96. The summed E-state index contributed by atoms with van der Waals surface area (Å²) in [6.45, 7) is 26.2. The quantitative estimate of drug-likeness (QED) is 0.161. The topological polar surface area (TPSA) is 0 Å². The van der Waals surface area contributed by atoms with Crippen LogP contribution in [0.2, 0.25) is 0 Å². The highest BCUT2D eigenvalue weighted by atomic mass is 14.0. The Hall–Kier alpha value is -10.1. The van der Waals surface area contributed by atoms with Crippen LogP contribution >= 0.6 is 0 Å². The summed E-state index contributed by atoms with van der Waals surface area (Å²) in [5, 5.41) is 0. The molecule has 0 aliphatic rings. The molecule has 0 aromatic heterocycles. The smallest absolute Gasteiger partial charge is 0.0184 e. The standard InChI is InChI=1S/5C12H10.3C7H8.5C2H6/c5*1-3-7-11(8-4-1)12-9-5-2-6-10-12;3*1-7-5-3-2-4-6-7;5*1-2/h5*1-10H;3*2-6H,1H3;5*1-2H3. The zero-order valence-electron chi connectivity index (χ0n) is 57.0. The molecule has 0 nitrogen and oxygen atoms in total. The van der Waals surface area contributed by atoms with Gasteiger partial charge in [0.1, 0.15) is 0 Å². The number of hydrogen-bond acceptors (Lipinski definition) is 0. The minimum Gasteiger partial charge on any atom is -0.0683 e. The second-order valence-electron chi connectivity index (χ2n) is 18.6. The molecule has 0 fully saturated rings. The molecule has 0 heterocycles. The Morgan fingerprint density at radius 2 is 0.165 bits per heavy atom. The zero-order valence-corrected chi connectivity index (χ0v) is 57.0. The second kappa shape index (κ2) is 56.4. The van der Waals surface area contributed by atoms with Gasteiger partial charge < -0.3 is 0 Å². The van der Waals surface area contributed by atoms with Crippen LogP contribution in [0.25, 0.3) is 55.6 Å². The Morgan fingerprint density at radius 3 is 0.220 bits per heavy atom. The molecule has 0 heteroatoms. The van der Waals surface area contributed by atoms with E-state index in [4.69, 9.17) is 0 Å². The molecule has 0 amide bonds. The Kier molecular flexibility index (Phi) is 48.9. The molecule has 91 heavy (non-hydrogen) atoms. The van der Waals surface area contributed by atoms with E-state index in [1.165, 1.54) is 72.3 Å². The van der Waals surface area contributed by atoms with Crippen molar-refractivity contribution in [3.05, 3.63) is 411 Å². The molecule has 13 aromatic carbocycles. The maximum atomic E-state index is 2.12. The molecule has 0 saturated carbocycles. The Morgan fingerprint density at radius 1 is 0.0989 bits per heavy atom. The van der Waals surface area contributed by atoms with Gasteiger partial charge in [0, 0.05) is 0 Å². The van der Waals surface area contributed by atoms with E-state index in [1.807, 2.05) is 184 Å². The predicted octanol–water partition coefficient (Wildman–Crippen LogP) is 27.9. The van der Waals surface area contributed by atoms with Crippen LogP contribution in [0.15, 0.2) is 394 Å². The first kappa shape index (κ1) is 78.9. The largest absolute Gasteiger partial charge is 0.0683 e. The van der Waals surface area contributed by atoms with Gasteiger partial charge in [-0.3, -0.25) is 0 Å². The van der Waals surface area contributed by atoms with E-state index in [0.717, 1.165) is 0 Å². The number of aryl methyl sites for hydroxylation is 3. The summed E-state index contributed by atoms with van der Waals surface area (Å²) in [5.41, 5.74) is 16.7. The lowest BCUT2D eigenvalue weighted by atomic mass is 10.1. The van der Waals surface area contributed by atoms with Crippen LogP contribution in [0.4, 0.5) is 0 Å². The van der Waals surface area contributed by atoms with Gasteiger partial charge in [-0.15, -0.1) is 0 Å². The molecule has 13 rings (SSSR count). The van der Waals surface area contributed by atoms with E-state index in [9.17, 15) is 0 Å². The lowest BCUT2D eigenvalue weighted by molar-refractivity contribution is 1.48. The van der Waals surface area contributed by atoms with Crippen LogP contribution in [0.1, 0.15) is 85.9 Å². The number of benzene rings is 13. The van der Waals surface area contributed by atoms with Crippen molar-refractivity contribution in [2.45, 2.75) is 90.0 Å². The average Bonchev–Trinajstić information content (AvgIpc) is 3.71. The fourth-order valence-electron chi connectivity index (χ4n) is 7.91. The first-order valence-electron chi connectivity index (χ1n) is 32.6. The molecule has 0 aliphatic carbocycles. The highest BCUT2D eigenvalue weighted by Crippen LogP contribution is 2.21. The summed E-state index contributed by atoms with van der Waals surface area (Å²) >= 11 is 0. The average molecular weight is 1200 g/mol. The molecule has 468 valence electrons. The molecule has 0 atom stereocenters. The molecule has 0 bridgehead atoms. The summed E-state index contributed by atoms with van der Waals surface area (Å²) in [6, 6.07) is 135. The Balaban J connectivity index is 0.000000514. The Bertz CT molecular complexity index is 2780. The summed E-state index contributed by atoms with van der Waals surface area (Å²) in [5.74, 6) is 0. The van der Waals surface area contributed by atoms with E-state index in [0.29, 0.717) is 0 Å². The van der Waals surface area contributed by atoms with E-state index in [1.54, 1.807) is 0 Å². The predicted molar refractivity (Wildman–Crippen MR) is 410 cm³/mol. The van der Waals surface area contributed by atoms with Crippen molar-refractivity contribution < 1.29 is 0 Å². The third-order valence-electron chi connectivity index (χ3n) is 12.2. The van der Waals surface area contributed by atoms with Crippen molar-refractivity contribution in [2.24, 2.45) is 0 Å². The molecule has 0 spiro atoms. The van der Waals surface area contributed by atoms with Gasteiger partial charge >= 0.3 is 0 Å². The van der Waals surface area contributed by atoms with Gasteiger partial charge in [-0.2, -0.15) is 0 Å². The molecule has 13 aromatic rings. The van der Waals surface area contributed by atoms with Crippen molar-refractivity contribution in [3.8, 4) is 55.6 Å². The van der Waals surface area contributed by atoms with Gasteiger partial charge in [-0.25, -0.2) is 0 Å². The minimum absolute atomic E-state index is 1.28. The molecule has 0 radical (unpaired) electrons. The fraction of sp³-hybridized carbons (Fsp3) is 0.143. The highest BCUT2D eigenvalue weighted by molar-refractivity contribution is 5.66. The molecule has 0 unspecified atom stereocenters. The van der Waals surface area contributed by atoms with Gasteiger partial charge in [0.25, 0.3) is 0 Å². The maximum Gasteiger partial charge on any atom is -0.0184 e. The fourth-order valence-corrected chi connectivity index (χ4v) is 7.91. The van der Waals surface area contributed by atoms with Crippen LogP contribution in [0.3, 0.4) is 0 Å². The van der Waals surface area contributed by atoms with Gasteiger partial charge in [-0.1, -0.05) is 480 Å². The molecule has 0 N–H and O–H groups in total. The van der Waals surface area contributed by atoms with Crippen LogP contribution in [0.5, 0.6) is 0 Å². The molecule has 0 saturated heterocycles. The summed E-state index contributed by atoms with van der Waals surface area (Å²) in [7, 11) is 0. The number of rotatable bonds is 5. The van der Waals surface area contributed by atoms with E-state index in [2.05, 4.69) is 300 Å². The second-order valence-corrected chi connectivity index (χ2v) is 18.6. The summed E-state index contributed by atoms with van der Waals surface area (Å²) in [6.07, 6.45) is 0. The van der Waals surface area contributed by atoms with E-state index in [-0.39, 0.29) is 0 Å². The van der Waals surface area contributed by atoms with Crippen molar-refractivity contribution in [1.29, 1.82) is 0 Å². The van der Waals surface area contributed by atoms with Crippen molar-refractivity contribution >= 4 is 0 Å². The summed E-state index contributed by atoms with van der Waals surface area (Å²) < 4.78 is 0. The SMILES string of the molecule is CC.CC.CC.CC.CC.Cc1ccccc1.Cc1ccccc1.Cc1ccccc1.c1ccc(-c2ccccc2)cc1.c1ccc(-c2ccccc2)cc1.c1ccc(-c2ccccc2)cc1.c1ccc(-c2ccccc2)cc1.c1ccc(-c2ccccc2)cc1. The van der Waals surface area contributed by atoms with Gasteiger partial charge in [0.2, 0.25) is 0 Å². The van der Waals surface area contributed by atoms with Crippen LogP contribution in [-0.2, 0) is 0 Å². The van der Waals surface area contributed by atoms with Crippen LogP contribution in [0, 0.1) is 20.8 Å². The Labute approximate surface area is 553 Å². The lowest BCUT2D eigenvalue weighted by Crippen LogP contribution is -1.73. The first-order chi connectivity index (χ1) is 45.0. The van der Waals surface area contributed by atoms with Gasteiger partial charge in [0.05, 0.1) is 0 Å². The summed E-state index contributed by atoms with van der Waals surface area (Å²) in [4.78, 5) is 0. The normalized spacial score (nSPS) is 8.71. The van der Waals surface area contributed by atoms with Crippen LogP contribution in [-0.4, -0.2) is 0 Å². The van der Waals surface area contributed by atoms with E-state index >= 15 is 0 Å². The van der Waals surface area contributed by atoms with Gasteiger partial charge in [-0.05, 0) is 76.4 Å². The van der Waals surface area contributed by atoms with Crippen molar-refractivity contribution in [2.75, 3.05) is 0 Å². The third kappa shape index (κ3) is 37.3. The third-order valence-corrected chi connectivity index (χ3v) is 12.2. The van der Waals surface area contributed by atoms with Crippen molar-refractivity contribution in [3.63, 3.8) is 0 Å². The molecule has 0 aliphatic heterocycles.